The van der Waals surface area contributed by atoms with Gasteiger partial charge in [0, 0.05) is 17.0 Å². The summed E-state index contributed by atoms with van der Waals surface area (Å²) in [4.78, 5) is 27.6. The number of thioether (sulfide) groups is 1. The SMILES string of the molecule is CCCNC(=O)c1ccc2c(c1)N(Cc1ccc(C)cc1)C(=O)CS2. The van der Waals surface area contributed by atoms with Crippen LogP contribution in [-0.4, -0.2) is 24.1 Å². The van der Waals surface area contributed by atoms with Crippen molar-refractivity contribution in [2.45, 2.75) is 31.7 Å². The van der Waals surface area contributed by atoms with Gasteiger partial charge in [-0.2, -0.15) is 0 Å². The lowest BCUT2D eigenvalue weighted by molar-refractivity contribution is -0.116. The molecule has 0 unspecified atom stereocenters. The van der Waals surface area contributed by atoms with Crippen LogP contribution < -0.4 is 10.2 Å². The zero-order valence-corrected chi connectivity index (χ0v) is 15.4. The first kappa shape index (κ1) is 17.5. The van der Waals surface area contributed by atoms with Crippen LogP contribution in [0.1, 0.15) is 34.8 Å². The van der Waals surface area contributed by atoms with Gasteiger partial charge >= 0.3 is 0 Å². The molecule has 0 fully saturated rings. The predicted octanol–water partition coefficient (Wildman–Crippen LogP) is 3.77. The summed E-state index contributed by atoms with van der Waals surface area (Å²) in [6.07, 6.45) is 0.893. The number of carbonyl (C=O) groups is 2. The summed E-state index contributed by atoms with van der Waals surface area (Å²) in [5, 5.41) is 2.89. The van der Waals surface area contributed by atoms with Crippen molar-refractivity contribution in [1.29, 1.82) is 0 Å². The number of hydrogen-bond donors (Lipinski definition) is 1. The van der Waals surface area contributed by atoms with Crippen molar-refractivity contribution in [3.63, 3.8) is 0 Å². The van der Waals surface area contributed by atoms with E-state index in [1.807, 2.05) is 56.3 Å². The number of carbonyl (C=O) groups excluding carboxylic acids is 2. The van der Waals surface area contributed by atoms with Gasteiger partial charge in [-0.05, 0) is 37.1 Å². The molecule has 0 aliphatic carbocycles. The summed E-state index contributed by atoms with van der Waals surface area (Å²) in [6.45, 7) is 5.23. The van der Waals surface area contributed by atoms with Crippen molar-refractivity contribution < 1.29 is 9.59 Å². The van der Waals surface area contributed by atoms with Crippen LogP contribution in [0.25, 0.3) is 0 Å². The van der Waals surface area contributed by atoms with Crippen LogP contribution in [-0.2, 0) is 11.3 Å². The minimum Gasteiger partial charge on any atom is -0.352 e. The molecule has 0 spiro atoms. The monoisotopic (exact) mass is 354 g/mol. The smallest absolute Gasteiger partial charge is 0.251 e. The molecule has 0 aromatic heterocycles. The molecule has 1 aliphatic heterocycles. The molecule has 0 saturated heterocycles. The number of rotatable bonds is 5. The van der Waals surface area contributed by atoms with Crippen LogP contribution >= 0.6 is 11.8 Å². The molecule has 1 N–H and O–H groups in total. The second kappa shape index (κ2) is 7.74. The minimum absolute atomic E-state index is 0.0733. The maximum Gasteiger partial charge on any atom is 0.251 e. The molecular formula is C20H22N2O2S. The van der Waals surface area contributed by atoms with Crippen molar-refractivity contribution >= 4 is 29.3 Å². The summed E-state index contributed by atoms with van der Waals surface area (Å²) in [7, 11) is 0. The molecule has 130 valence electrons. The number of aryl methyl sites for hydroxylation is 1. The van der Waals surface area contributed by atoms with Crippen LogP contribution in [0.3, 0.4) is 0 Å². The summed E-state index contributed by atoms with van der Waals surface area (Å²) < 4.78 is 0. The van der Waals surface area contributed by atoms with Crippen LogP contribution in [0, 0.1) is 6.92 Å². The van der Waals surface area contributed by atoms with E-state index in [9.17, 15) is 9.59 Å². The van der Waals surface area contributed by atoms with E-state index in [0.29, 0.717) is 24.4 Å². The van der Waals surface area contributed by atoms with Gasteiger partial charge in [0.05, 0.1) is 18.0 Å². The molecule has 0 radical (unpaired) electrons. The van der Waals surface area contributed by atoms with Crippen LogP contribution in [0.2, 0.25) is 0 Å². The van der Waals surface area contributed by atoms with Gasteiger partial charge in [-0.1, -0.05) is 36.8 Å². The van der Waals surface area contributed by atoms with E-state index in [1.165, 1.54) is 17.3 Å². The Hall–Kier alpha value is -2.27. The fraction of sp³-hybridized carbons (Fsp3) is 0.300. The summed E-state index contributed by atoms with van der Waals surface area (Å²) in [6, 6.07) is 13.8. The van der Waals surface area contributed by atoms with Gasteiger partial charge in [-0.15, -0.1) is 11.8 Å². The molecule has 3 rings (SSSR count). The Balaban J connectivity index is 1.89. The lowest BCUT2D eigenvalue weighted by Crippen LogP contribution is -2.35. The molecule has 2 aromatic carbocycles. The number of anilines is 1. The lowest BCUT2D eigenvalue weighted by Gasteiger charge is -2.29. The molecule has 0 saturated carbocycles. The van der Waals surface area contributed by atoms with Gasteiger partial charge in [-0.25, -0.2) is 0 Å². The van der Waals surface area contributed by atoms with E-state index in [0.717, 1.165) is 22.6 Å². The number of fused-ring (bicyclic) bond motifs is 1. The first-order chi connectivity index (χ1) is 12.1. The maximum atomic E-state index is 12.5. The largest absolute Gasteiger partial charge is 0.352 e. The lowest BCUT2D eigenvalue weighted by atomic mass is 10.1. The van der Waals surface area contributed by atoms with Crippen molar-refractivity contribution in [3.8, 4) is 0 Å². The molecular weight excluding hydrogens is 332 g/mol. The Kier molecular flexibility index (Phi) is 5.43. The fourth-order valence-corrected chi connectivity index (χ4v) is 3.65. The number of nitrogens with zero attached hydrogens (tertiary/aromatic N) is 1. The average Bonchev–Trinajstić information content (AvgIpc) is 2.63. The van der Waals surface area contributed by atoms with Gasteiger partial charge in [-0.3, -0.25) is 9.59 Å². The molecule has 2 aromatic rings. The van der Waals surface area contributed by atoms with Crippen LogP contribution in [0.4, 0.5) is 5.69 Å². The van der Waals surface area contributed by atoms with Crippen molar-refractivity contribution in [3.05, 3.63) is 59.2 Å². The third-order valence-electron chi connectivity index (χ3n) is 4.16. The maximum absolute atomic E-state index is 12.5. The van der Waals surface area contributed by atoms with E-state index in [1.54, 1.807) is 4.90 Å². The van der Waals surface area contributed by atoms with E-state index in [-0.39, 0.29) is 11.8 Å². The first-order valence-corrected chi connectivity index (χ1v) is 9.48. The Morgan fingerprint density at radius 3 is 2.68 bits per heavy atom. The highest BCUT2D eigenvalue weighted by molar-refractivity contribution is 8.00. The molecule has 0 bridgehead atoms. The number of nitrogens with one attached hydrogen (secondary N) is 1. The normalized spacial score (nSPS) is 13.5. The Morgan fingerprint density at radius 2 is 1.96 bits per heavy atom. The fourth-order valence-electron chi connectivity index (χ4n) is 2.73. The van der Waals surface area contributed by atoms with Crippen LogP contribution in [0.5, 0.6) is 0 Å². The van der Waals surface area contributed by atoms with E-state index >= 15 is 0 Å². The number of amides is 2. The number of hydrogen-bond acceptors (Lipinski definition) is 3. The highest BCUT2D eigenvalue weighted by Crippen LogP contribution is 2.36. The Labute approximate surface area is 152 Å². The topological polar surface area (TPSA) is 49.4 Å². The summed E-state index contributed by atoms with van der Waals surface area (Å²) in [5.74, 6) is 0.410. The molecule has 5 heteroatoms. The Bertz CT molecular complexity index is 787. The highest BCUT2D eigenvalue weighted by Gasteiger charge is 2.25. The summed E-state index contributed by atoms with van der Waals surface area (Å²) in [5.41, 5.74) is 3.69. The van der Waals surface area contributed by atoms with Gasteiger partial charge in [0.25, 0.3) is 5.91 Å². The highest BCUT2D eigenvalue weighted by atomic mass is 32.2. The second-order valence-corrected chi connectivity index (χ2v) is 7.21. The van der Waals surface area contributed by atoms with Crippen LogP contribution in [0.15, 0.2) is 47.4 Å². The average molecular weight is 354 g/mol. The van der Waals surface area contributed by atoms with E-state index < -0.39 is 0 Å². The van der Waals surface area contributed by atoms with E-state index in [4.69, 9.17) is 0 Å². The molecule has 1 aliphatic rings. The molecule has 4 nitrogen and oxygen atoms in total. The van der Waals surface area contributed by atoms with E-state index in [2.05, 4.69) is 5.32 Å². The predicted molar refractivity (Wildman–Crippen MR) is 102 cm³/mol. The first-order valence-electron chi connectivity index (χ1n) is 8.49. The quantitative estimate of drug-likeness (QED) is 0.889. The summed E-state index contributed by atoms with van der Waals surface area (Å²) >= 11 is 1.53. The second-order valence-electron chi connectivity index (χ2n) is 6.19. The number of benzene rings is 2. The van der Waals surface area contributed by atoms with Crippen molar-refractivity contribution in [2.24, 2.45) is 0 Å². The molecule has 25 heavy (non-hydrogen) atoms. The van der Waals surface area contributed by atoms with Gasteiger partial charge < -0.3 is 10.2 Å². The Morgan fingerprint density at radius 1 is 1.20 bits per heavy atom. The molecule has 1 heterocycles. The van der Waals surface area contributed by atoms with Crippen molar-refractivity contribution in [2.75, 3.05) is 17.2 Å². The molecule has 0 atom stereocenters. The zero-order valence-electron chi connectivity index (χ0n) is 14.5. The van der Waals surface area contributed by atoms with Gasteiger partial charge in [0.1, 0.15) is 0 Å². The van der Waals surface area contributed by atoms with Gasteiger partial charge in [0.15, 0.2) is 0 Å². The van der Waals surface area contributed by atoms with Gasteiger partial charge in [0.2, 0.25) is 5.91 Å². The molecule has 2 amide bonds. The van der Waals surface area contributed by atoms with Crippen molar-refractivity contribution in [1.82, 2.24) is 5.32 Å². The standard InChI is InChI=1S/C20H22N2O2S/c1-3-10-21-20(24)16-8-9-18-17(11-16)22(19(23)13-25-18)12-15-6-4-14(2)5-7-15/h4-9,11H,3,10,12-13H2,1-2H3,(H,21,24). The zero-order chi connectivity index (χ0) is 17.8. The third kappa shape index (κ3) is 4.04. The minimum atomic E-state index is -0.0945. The third-order valence-corrected chi connectivity index (χ3v) is 5.21.